The zero-order valence-electron chi connectivity index (χ0n) is 15.9. The standard InChI is InChI=1S/C22H20N2O4S/c1-3-12-28-18-11-10-15(14-19(18)27-4-2)13-17-20(25)23-22(29)24(21(17)26)16-8-6-5-7-9-16/h3,5-11,13-14H,1,4,12H2,2H3,(H,23,25,29)/b17-13-. The molecule has 1 aliphatic heterocycles. The maximum Gasteiger partial charge on any atom is 0.270 e. The average Bonchev–Trinajstić information content (AvgIpc) is 2.71. The SMILES string of the molecule is C=CCOc1ccc(/C=C2/C(=O)NC(=S)N(c3ccccc3)C2=O)cc1OCC. The van der Waals surface area contributed by atoms with Crippen LogP contribution in [0.5, 0.6) is 11.5 Å². The molecule has 29 heavy (non-hydrogen) atoms. The van der Waals surface area contributed by atoms with E-state index in [4.69, 9.17) is 21.7 Å². The van der Waals surface area contributed by atoms with Crippen LogP contribution in [0, 0.1) is 0 Å². The molecule has 0 bridgehead atoms. The van der Waals surface area contributed by atoms with Crippen molar-refractivity contribution >= 4 is 40.9 Å². The van der Waals surface area contributed by atoms with E-state index in [1.807, 2.05) is 13.0 Å². The number of rotatable bonds is 7. The Hall–Kier alpha value is -3.45. The van der Waals surface area contributed by atoms with Crippen LogP contribution in [0.3, 0.4) is 0 Å². The number of anilines is 1. The van der Waals surface area contributed by atoms with Gasteiger partial charge in [0.2, 0.25) is 0 Å². The largest absolute Gasteiger partial charge is 0.490 e. The lowest BCUT2D eigenvalue weighted by atomic mass is 10.1. The van der Waals surface area contributed by atoms with Gasteiger partial charge in [-0.1, -0.05) is 36.9 Å². The Kier molecular flexibility index (Phi) is 6.41. The molecule has 1 N–H and O–H groups in total. The molecular weight excluding hydrogens is 388 g/mol. The number of carbonyl (C=O) groups excluding carboxylic acids is 2. The maximum atomic E-state index is 13.0. The summed E-state index contributed by atoms with van der Waals surface area (Å²) in [6.45, 7) is 6.27. The number of ether oxygens (including phenoxy) is 2. The van der Waals surface area contributed by atoms with Gasteiger partial charge in [-0.15, -0.1) is 0 Å². The first-order chi connectivity index (χ1) is 14.0. The first-order valence-corrected chi connectivity index (χ1v) is 9.43. The minimum Gasteiger partial charge on any atom is -0.490 e. The van der Waals surface area contributed by atoms with Gasteiger partial charge >= 0.3 is 0 Å². The van der Waals surface area contributed by atoms with E-state index in [2.05, 4.69) is 11.9 Å². The minimum atomic E-state index is -0.544. The van der Waals surface area contributed by atoms with E-state index in [-0.39, 0.29) is 10.7 Å². The van der Waals surface area contributed by atoms with E-state index < -0.39 is 11.8 Å². The van der Waals surface area contributed by atoms with Crippen LogP contribution in [0.25, 0.3) is 6.08 Å². The molecule has 0 radical (unpaired) electrons. The van der Waals surface area contributed by atoms with Crippen molar-refractivity contribution in [1.82, 2.24) is 5.32 Å². The quantitative estimate of drug-likeness (QED) is 0.329. The Morgan fingerprint density at radius 3 is 2.55 bits per heavy atom. The van der Waals surface area contributed by atoms with Gasteiger partial charge < -0.3 is 9.47 Å². The molecule has 0 saturated carbocycles. The normalized spacial score (nSPS) is 15.3. The zero-order chi connectivity index (χ0) is 20.8. The fraction of sp³-hybridized carbons (Fsp3) is 0.136. The Bertz CT molecular complexity index is 986. The van der Waals surface area contributed by atoms with E-state index in [1.165, 1.54) is 11.0 Å². The average molecular weight is 408 g/mol. The van der Waals surface area contributed by atoms with Gasteiger partial charge in [0.05, 0.1) is 12.3 Å². The van der Waals surface area contributed by atoms with Crippen molar-refractivity contribution in [2.24, 2.45) is 0 Å². The molecule has 148 valence electrons. The lowest BCUT2D eigenvalue weighted by molar-refractivity contribution is -0.122. The van der Waals surface area contributed by atoms with Crippen molar-refractivity contribution < 1.29 is 19.1 Å². The second kappa shape index (κ2) is 9.16. The molecule has 6 nitrogen and oxygen atoms in total. The van der Waals surface area contributed by atoms with Crippen molar-refractivity contribution in [1.29, 1.82) is 0 Å². The number of carbonyl (C=O) groups is 2. The molecule has 0 atom stereocenters. The molecule has 3 rings (SSSR count). The topological polar surface area (TPSA) is 67.9 Å². The molecule has 7 heteroatoms. The van der Waals surface area contributed by atoms with Gasteiger partial charge in [0.1, 0.15) is 12.2 Å². The first-order valence-electron chi connectivity index (χ1n) is 9.02. The van der Waals surface area contributed by atoms with Gasteiger partial charge in [0.25, 0.3) is 11.8 Å². The van der Waals surface area contributed by atoms with Crippen LogP contribution in [-0.4, -0.2) is 30.1 Å². The lowest BCUT2D eigenvalue weighted by Crippen LogP contribution is -2.54. The highest BCUT2D eigenvalue weighted by atomic mass is 32.1. The number of amides is 2. The number of thiocarbonyl (C=S) groups is 1. The van der Waals surface area contributed by atoms with Crippen LogP contribution in [0.1, 0.15) is 12.5 Å². The van der Waals surface area contributed by atoms with E-state index in [1.54, 1.807) is 48.5 Å². The summed E-state index contributed by atoms with van der Waals surface area (Å²) in [7, 11) is 0. The minimum absolute atomic E-state index is 0.0235. The molecule has 0 unspecified atom stereocenters. The second-order valence-corrected chi connectivity index (χ2v) is 6.42. The number of benzene rings is 2. The van der Waals surface area contributed by atoms with Gasteiger partial charge in [-0.3, -0.25) is 19.8 Å². The van der Waals surface area contributed by atoms with Crippen molar-refractivity contribution in [3.05, 3.63) is 72.3 Å². The maximum absolute atomic E-state index is 13.0. The van der Waals surface area contributed by atoms with Crippen LogP contribution in [0.2, 0.25) is 0 Å². The summed E-state index contributed by atoms with van der Waals surface area (Å²) in [6, 6.07) is 14.1. The summed E-state index contributed by atoms with van der Waals surface area (Å²) in [6.07, 6.45) is 3.15. The molecule has 2 amide bonds. The lowest BCUT2D eigenvalue weighted by Gasteiger charge is -2.28. The van der Waals surface area contributed by atoms with Crippen LogP contribution >= 0.6 is 12.2 Å². The summed E-state index contributed by atoms with van der Waals surface area (Å²) in [5.74, 6) is 0.0373. The Morgan fingerprint density at radius 1 is 1.10 bits per heavy atom. The molecule has 1 heterocycles. The molecule has 2 aromatic rings. The smallest absolute Gasteiger partial charge is 0.270 e. The first kappa shape index (κ1) is 20.3. The number of para-hydroxylation sites is 1. The van der Waals surface area contributed by atoms with Gasteiger partial charge in [0.15, 0.2) is 16.6 Å². The molecule has 1 saturated heterocycles. The Balaban J connectivity index is 1.96. The fourth-order valence-electron chi connectivity index (χ4n) is 2.79. The van der Waals surface area contributed by atoms with E-state index in [0.29, 0.717) is 36.0 Å². The highest BCUT2D eigenvalue weighted by Gasteiger charge is 2.34. The van der Waals surface area contributed by atoms with Crippen LogP contribution in [0.15, 0.2) is 66.8 Å². The van der Waals surface area contributed by atoms with Gasteiger partial charge in [-0.2, -0.15) is 0 Å². The third kappa shape index (κ3) is 4.52. The fourth-order valence-corrected chi connectivity index (χ4v) is 3.07. The number of nitrogens with zero attached hydrogens (tertiary/aromatic N) is 1. The predicted molar refractivity (Wildman–Crippen MR) is 116 cm³/mol. The van der Waals surface area contributed by atoms with E-state index >= 15 is 0 Å². The zero-order valence-corrected chi connectivity index (χ0v) is 16.7. The summed E-state index contributed by atoms with van der Waals surface area (Å²) in [5, 5.41) is 2.62. The molecule has 0 aliphatic carbocycles. The van der Waals surface area contributed by atoms with E-state index in [0.717, 1.165) is 0 Å². The van der Waals surface area contributed by atoms with Crippen molar-refractivity contribution in [3.63, 3.8) is 0 Å². The summed E-state index contributed by atoms with van der Waals surface area (Å²) < 4.78 is 11.2. The summed E-state index contributed by atoms with van der Waals surface area (Å²) in [4.78, 5) is 26.7. The third-order valence-electron chi connectivity index (χ3n) is 4.05. The van der Waals surface area contributed by atoms with Crippen LogP contribution < -0.4 is 19.7 Å². The monoisotopic (exact) mass is 408 g/mol. The molecule has 1 fully saturated rings. The third-order valence-corrected chi connectivity index (χ3v) is 4.34. The molecule has 2 aromatic carbocycles. The predicted octanol–water partition coefficient (Wildman–Crippen LogP) is 3.48. The molecule has 1 aliphatic rings. The van der Waals surface area contributed by atoms with Gasteiger partial charge in [0, 0.05) is 0 Å². The number of hydrogen-bond acceptors (Lipinski definition) is 5. The van der Waals surface area contributed by atoms with Crippen molar-refractivity contribution in [2.75, 3.05) is 18.1 Å². The molecular formula is C22H20N2O4S. The Labute approximate surface area is 174 Å². The highest BCUT2D eigenvalue weighted by Crippen LogP contribution is 2.30. The van der Waals surface area contributed by atoms with Crippen molar-refractivity contribution in [2.45, 2.75) is 6.92 Å². The number of hydrogen-bond donors (Lipinski definition) is 1. The summed E-state index contributed by atoms with van der Waals surface area (Å²) >= 11 is 5.20. The van der Waals surface area contributed by atoms with Gasteiger partial charge in [-0.05, 0) is 55.0 Å². The second-order valence-electron chi connectivity index (χ2n) is 6.03. The number of nitrogens with one attached hydrogen (secondary N) is 1. The summed E-state index contributed by atoms with van der Waals surface area (Å²) in [5.41, 5.74) is 1.18. The molecule has 0 aromatic heterocycles. The Morgan fingerprint density at radius 2 is 1.86 bits per heavy atom. The van der Waals surface area contributed by atoms with Crippen LogP contribution in [-0.2, 0) is 9.59 Å². The molecule has 0 spiro atoms. The van der Waals surface area contributed by atoms with Gasteiger partial charge in [-0.25, -0.2) is 0 Å². The highest BCUT2D eigenvalue weighted by molar-refractivity contribution is 7.80. The van der Waals surface area contributed by atoms with Crippen molar-refractivity contribution in [3.8, 4) is 11.5 Å². The van der Waals surface area contributed by atoms with E-state index in [9.17, 15) is 9.59 Å². The van der Waals surface area contributed by atoms with Crippen LogP contribution in [0.4, 0.5) is 5.69 Å².